The van der Waals surface area contributed by atoms with Gasteiger partial charge in [-0.05, 0) is 31.5 Å². The first kappa shape index (κ1) is 16.3. The molecule has 0 amide bonds. The molecule has 1 fully saturated rings. The van der Waals surface area contributed by atoms with E-state index in [-0.39, 0.29) is 25.2 Å². The molecule has 1 aromatic carbocycles. The molecule has 1 heterocycles. The molecule has 0 aliphatic carbocycles. The molecule has 0 N–H and O–H groups in total. The SMILES string of the molecule is O=C(CCN1CCCC(C(F)(F)F)C1)c1cccc(Cl)c1. The van der Waals surface area contributed by atoms with Gasteiger partial charge in [0.25, 0.3) is 0 Å². The maximum absolute atomic E-state index is 12.7. The van der Waals surface area contributed by atoms with Gasteiger partial charge in [0.15, 0.2) is 5.78 Å². The van der Waals surface area contributed by atoms with Crippen LogP contribution in [0.1, 0.15) is 29.6 Å². The van der Waals surface area contributed by atoms with Gasteiger partial charge in [0.1, 0.15) is 0 Å². The molecule has 6 heteroatoms. The molecule has 0 saturated carbocycles. The lowest BCUT2D eigenvalue weighted by atomic mass is 9.97. The number of nitrogens with zero attached hydrogens (tertiary/aromatic N) is 1. The summed E-state index contributed by atoms with van der Waals surface area (Å²) in [5.41, 5.74) is 0.506. The highest BCUT2D eigenvalue weighted by Gasteiger charge is 2.41. The van der Waals surface area contributed by atoms with Crippen LogP contribution in [-0.4, -0.2) is 36.5 Å². The smallest absolute Gasteiger partial charge is 0.302 e. The van der Waals surface area contributed by atoms with Crippen molar-refractivity contribution >= 4 is 17.4 Å². The number of ketones is 1. The third-order valence-electron chi connectivity index (χ3n) is 3.77. The van der Waals surface area contributed by atoms with Crippen LogP contribution in [0.5, 0.6) is 0 Å². The molecule has 0 radical (unpaired) electrons. The fraction of sp³-hybridized carbons (Fsp3) is 0.533. The molecule has 21 heavy (non-hydrogen) atoms. The lowest BCUT2D eigenvalue weighted by Crippen LogP contribution is -2.42. The molecule has 0 spiro atoms. The Kier molecular flexibility index (Phi) is 5.27. The predicted octanol–water partition coefficient (Wildman–Crippen LogP) is 4.19. The second-order valence-electron chi connectivity index (χ2n) is 5.36. The summed E-state index contributed by atoms with van der Waals surface area (Å²) >= 11 is 5.82. The summed E-state index contributed by atoms with van der Waals surface area (Å²) < 4.78 is 38.1. The van der Waals surface area contributed by atoms with Gasteiger partial charge in [-0.3, -0.25) is 4.79 Å². The van der Waals surface area contributed by atoms with Gasteiger partial charge >= 0.3 is 6.18 Å². The third kappa shape index (κ3) is 4.71. The minimum Gasteiger partial charge on any atom is -0.302 e. The zero-order valence-corrected chi connectivity index (χ0v) is 12.3. The minimum absolute atomic E-state index is 0.00761. The van der Waals surface area contributed by atoms with Crippen molar-refractivity contribution < 1.29 is 18.0 Å². The number of alkyl halides is 3. The average Bonchev–Trinajstić information content (AvgIpc) is 2.44. The number of hydrogen-bond donors (Lipinski definition) is 0. The number of piperidine rings is 1. The Morgan fingerprint density at radius 1 is 1.38 bits per heavy atom. The summed E-state index contributed by atoms with van der Waals surface area (Å²) in [5, 5.41) is 0.482. The number of hydrogen-bond acceptors (Lipinski definition) is 2. The van der Waals surface area contributed by atoms with Crippen molar-refractivity contribution in [2.75, 3.05) is 19.6 Å². The Bertz CT molecular complexity index is 504. The van der Waals surface area contributed by atoms with Crippen LogP contribution in [0.25, 0.3) is 0 Å². The van der Waals surface area contributed by atoms with E-state index >= 15 is 0 Å². The molecule has 1 aromatic rings. The van der Waals surface area contributed by atoms with E-state index in [1.807, 2.05) is 0 Å². The van der Waals surface area contributed by atoms with Crippen molar-refractivity contribution in [2.45, 2.75) is 25.4 Å². The van der Waals surface area contributed by atoms with Crippen LogP contribution in [0.15, 0.2) is 24.3 Å². The maximum Gasteiger partial charge on any atom is 0.393 e. The quantitative estimate of drug-likeness (QED) is 0.776. The second-order valence-corrected chi connectivity index (χ2v) is 5.80. The number of likely N-dealkylation sites (tertiary alicyclic amines) is 1. The van der Waals surface area contributed by atoms with E-state index in [1.54, 1.807) is 29.2 Å². The standard InChI is InChI=1S/C15H17ClF3NO/c16-13-5-1-3-11(9-13)14(21)6-8-20-7-2-4-12(10-20)15(17,18)19/h1,3,5,9,12H,2,4,6-8,10H2. The van der Waals surface area contributed by atoms with E-state index in [4.69, 9.17) is 11.6 Å². The van der Waals surface area contributed by atoms with Crippen LogP contribution >= 0.6 is 11.6 Å². The van der Waals surface area contributed by atoms with Crippen molar-refractivity contribution in [1.82, 2.24) is 4.90 Å². The number of halogens is 4. The fourth-order valence-corrected chi connectivity index (χ4v) is 2.78. The van der Waals surface area contributed by atoms with Crippen LogP contribution in [0.4, 0.5) is 13.2 Å². The van der Waals surface area contributed by atoms with Gasteiger partial charge in [0.2, 0.25) is 0 Å². The number of rotatable bonds is 4. The lowest BCUT2D eigenvalue weighted by molar-refractivity contribution is -0.186. The maximum atomic E-state index is 12.7. The number of carbonyl (C=O) groups excluding carboxylic acids is 1. The number of Topliss-reactive ketones (excluding diaryl/α,β-unsaturated/α-hetero) is 1. The third-order valence-corrected chi connectivity index (χ3v) is 4.01. The molecule has 1 aliphatic heterocycles. The van der Waals surface area contributed by atoms with Crippen molar-refractivity contribution in [3.8, 4) is 0 Å². The largest absolute Gasteiger partial charge is 0.393 e. The first-order valence-corrected chi connectivity index (χ1v) is 7.32. The van der Waals surface area contributed by atoms with Crippen LogP contribution in [0.2, 0.25) is 5.02 Å². The van der Waals surface area contributed by atoms with Crippen LogP contribution < -0.4 is 0 Å². The second kappa shape index (κ2) is 6.79. The topological polar surface area (TPSA) is 20.3 Å². The van der Waals surface area contributed by atoms with Crippen molar-refractivity contribution in [3.05, 3.63) is 34.9 Å². The average molecular weight is 320 g/mol. The van der Waals surface area contributed by atoms with Gasteiger partial charge in [-0.1, -0.05) is 23.7 Å². The Morgan fingerprint density at radius 2 is 2.14 bits per heavy atom. The van der Waals surface area contributed by atoms with Gasteiger partial charge in [0.05, 0.1) is 5.92 Å². The minimum atomic E-state index is -4.14. The van der Waals surface area contributed by atoms with E-state index in [0.717, 1.165) is 0 Å². The van der Waals surface area contributed by atoms with Gasteiger partial charge in [0, 0.05) is 30.1 Å². The molecule has 1 aliphatic rings. The monoisotopic (exact) mass is 319 g/mol. The van der Waals surface area contributed by atoms with E-state index in [1.165, 1.54) is 0 Å². The van der Waals surface area contributed by atoms with E-state index in [0.29, 0.717) is 30.1 Å². The molecular formula is C15H17ClF3NO. The summed E-state index contributed by atoms with van der Waals surface area (Å²) in [5.74, 6) is -1.36. The molecule has 0 bridgehead atoms. The van der Waals surface area contributed by atoms with Gasteiger partial charge in [-0.15, -0.1) is 0 Å². The van der Waals surface area contributed by atoms with E-state index in [9.17, 15) is 18.0 Å². The highest BCUT2D eigenvalue weighted by Crippen LogP contribution is 2.33. The summed E-state index contributed by atoms with van der Waals surface area (Å²) in [4.78, 5) is 13.7. The molecule has 1 saturated heterocycles. The normalized spacial score (nSPS) is 20.5. The Labute approximate surface area is 126 Å². The van der Waals surface area contributed by atoms with E-state index in [2.05, 4.69) is 0 Å². The summed E-state index contributed by atoms with van der Waals surface area (Å²) in [6, 6.07) is 6.62. The lowest BCUT2D eigenvalue weighted by Gasteiger charge is -2.33. The molecule has 1 atom stereocenters. The summed E-state index contributed by atoms with van der Waals surface area (Å²) in [6.07, 6.45) is -3.22. The van der Waals surface area contributed by atoms with Gasteiger partial charge in [-0.25, -0.2) is 0 Å². The summed E-state index contributed by atoms with van der Waals surface area (Å²) in [7, 11) is 0. The van der Waals surface area contributed by atoms with E-state index < -0.39 is 12.1 Å². The predicted molar refractivity (Wildman–Crippen MR) is 75.6 cm³/mol. The summed E-state index contributed by atoms with van der Waals surface area (Å²) in [6.45, 7) is 0.972. The van der Waals surface area contributed by atoms with Gasteiger partial charge in [-0.2, -0.15) is 13.2 Å². The Hall–Kier alpha value is -1.07. The molecule has 1 unspecified atom stereocenters. The van der Waals surface area contributed by atoms with Crippen LogP contribution in [0, 0.1) is 5.92 Å². The van der Waals surface area contributed by atoms with Crippen molar-refractivity contribution in [3.63, 3.8) is 0 Å². The molecule has 2 nitrogen and oxygen atoms in total. The molecule has 2 rings (SSSR count). The first-order valence-electron chi connectivity index (χ1n) is 6.94. The fourth-order valence-electron chi connectivity index (χ4n) is 2.59. The molecular weight excluding hydrogens is 303 g/mol. The first-order chi connectivity index (χ1) is 9.86. The highest BCUT2D eigenvalue weighted by molar-refractivity contribution is 6.31. The van der Waals surface area contributed by atoms with Crippen molar-refractivity contribution in [1.29, 1.82) is 0 Å². The number of carbonyl (C=O) groups is 1. The molecule has 116 valence electrons. The number of benzene rings is 1. The van der Waals surface area contributed by atoms with Crippen LogP contribution in [0.3, 0.4) is 0 Å². The zero-order chi connectivity index (χ0) is 15.5. The highest BCUT2D eigenvalue weighted by atomic mass is 35.5. The van der Waals surface area contributed by atoms with Crippen LogP contribution in [-0.2, 0) is 0 Å². The Morgan fingerprint density at radius 3 is 2.81 bits per heavy atom. The Balaban J connectivity index is 1.86. The molecule has 0 aromatic heterocycles. The van der Waals surface area contributed by atoms with Gasteiger partial charge < -0.3 is 4.90 Å². The van der Waals surface area contributed by atoms with Crippen molar-refractivity contribution in [2.24, 2.45) is 5.92 Å². The zero-order valence-electron chi connectivity index (χ0n) is 11.5.